The number of ether oxygens (including phenoxy) is 1. The van der Waals surface area contributed by atoms with Crippen LogP contribution >= 0.6 is 11.3 Å². The molecule has 1 fully saturated rings. The molecule has 0 aliphatic carbocycles. The fourth-order valence-corrected chi connectivity index (χ4v) is 4.86. The second kappa shape index (κ2) is 10.2. The molecule has 6 heteroatoms. The van der Waals surface area contributed by atoms with E-state index in [2.05, 4.69) is 35.1 Å². The van der Waals surface area contributed by atoms with Crippen molar-refractivity contribution >= 4 is 27.5 Å². The van der Waals surface area contributed by atoms with E-state index in [-0.39, 0.29) is 5.91 Å². The lowest BCUT2D eigenvalue weighted by Gasteiger charge is -2.38. The van der Waals surface area contributed by atoms with E-state index in [0.717, 1.165) is 56.2 Å². The molecule has 1 aliphatic rings. The van der Waals surface area contributed by atoms with Crippen LogP contribution in [0.4, 0.5) is 0 Å². The molecule has 148 valence electrons. The van der Waals surface area contributed by atoms with Gasteiger partial charge in [-0.3, -0.25) is 9.69 Å². The summed E-state index contributed by atoms with van der Waals surface area (Å²) in [6.45, 7) is 8.73. The van der Waals surface area contributed by atoms with Crippen LogP contribution in [-0.2, 0) is 16.0 Å². The molecule has 1 amide bonds. The Morgan fingerprint density at radius 3 is 2.70 bits per heavy atom. The molecule has 0 radical (unpaired) electrons. The summed E-state index contributed by atoms with van der Waals surface area (Å²) in [5.74, 6) is 0.728. The first-order valence-corrected chi connectivity index (χ1v) is 11.0. The van der Waals surface area contributed by atoms with Crippen molar-refractivity contribution in [3.05, 3.63) is 29.3 Å². The van der Waals surface area contributed by atoms with Crippen molar-refractivity contribution in [1.29, 1.82) is 0 Å². The number of amides is 1. The average molecular weight is 390 g/mol. The van der Waals surface area contributed by atoms with E-state index in [1.165, 1.54) is 4.70 Å². The van der Waals surface area contributed by atoms with Gasteiger partial charge in [-0.25, -0.2) is 4.98 Å². The second-order valence-electron chi connectivity index (χ2n) is 7.17. The van der Waals surface area contributed by atoms with Crippen molar-refractivity contribution in [3.63, 3.8) is 0 Å². The van der Waals surface area contributed by atoms with E-state index >= 15 is 0 Å². The number of fused-ring (bicyclic) bond motifs is 1. The van der Waals surface area contributed by atoms with Crippen molar-refractivity contribution in [2.45, 2.75) is 45.6 Å². The number of nitrogens with one attached hydrogen (secondary N) is 1. The molecular weight excluding hydrogens is 358 g/mol. The molecule has 3 rings (SSSR count). The van der Waals surface area contributed by atoms with Gasteiger partial charge in [0.1, 0.15) is 0 Å². The Balaban J connectivity index is 1.51. The standard InChI is InChI=1S/C21H31N3O2S/c1-3-16(4-2)18(24-11-13-26-14-12-24)15-22-20(25)9-10-21-23-17-7-5-6-8-19(17)27-21/h5-8,16,18H,3-4,9-15H2,1-2H3,(H,22,25). The number of morpholine rings is 1. The highest BCUT2D eigenvalue weighted by molar-refractivity contribution is 7.18. The summed E-state index contributed by atoms with van der Waals surface area (Å²) in [5, 5.41) is 4.23. The molecule has 5 nitrogen and oxygen atoms in total. The summed E-state index contributed by atoms with van der Waals surface area (Å²) in [4.78, 5) is 19.6. The van der Waals surface area contributed by atoms with Crippen LogP contribution in [0.5, 0.6) is 0 Å². The number of benzene rings is 1. The molecule has 0 saturated carbocycles. The van der Waals surface area contributed by atoms with Crippen molar-refractivity contribution < 1.29 is 9.53 Å². The number of thiazole rings is 1. The molecule has 2 heterocycles. The minimum absolute atomic E-state index is 0.124. The maximum absolute atomic E-state index is 12.4. The van der Waals surface area contributed by atoms with Crippen LogP contribution in [0, 0.1) is 5.92 Å². The van der Waals surface area contributed by atoms with Crippen LogP contribution < -0.4 is 5.32 Å². The van der Waals surface area contributed by atoms with Gasteiger partial charge in [0, 0.05) is 38.5 Å². The van der Waals surface area contributed by atoms with Gasteiger partial charge in [0.25, 0.3) is 0 Å². The van der Waals surface area contributed by atoms with Gasteiger partial charge in [0.2, 0.25) is 5.91 Å². The highest BCUT2D eigenvalue weighted by Gasteiger charge is 2.27. The van der Waals surface area contributed by atoms with Crippen molar-refractivity contribution in [2.24, 2.45) is 5.92 Å². The van der Waals surface area contributed by atoms with Gasteiger partial charge < -0.3 is 10.1 Å². The van der Waals surface area contributed by atoms with E-state index in [1.807, 2.05) is 18.2 Å². The number of nitrogens with zero attached hydrogens (tertiary/aromatic N) is 2. The lowest BCUT2D eigenvalue weighted by Crippen LogP contribution is -2.52. The fraction of sp³-hybridized carbons (Fsp3) is 0.619. The summed E-state index contributed by atoms with van der Waals surface area (Å²) in [5.41, 5.74) is 1.03. The zero-order chi connectivity index (χ0) is 19.1. The first-order valence-electron chi connectivity index (χ1n) is 10.1. The Morgan fingerprint density at radius 2 is 2.00 bits per heavy atom. The van der Waals surface area contributed by atoms with Gasteiger partial charge in [0.15, 0.2) is 0 Å². The zero-order valence-electron chi connectivity index (χ0n) is 16.4. The predicted molar refractivity (Wildman–Crippen MR) is 111 cm³/mol. The molecule has 1 unspecified atom stereocenters. The fourth-order valence-electron chi connectivity index (χ4n) is 3.89. The molecule has 27 heavy (non-hydrogen) atoms. The third-order valence-electron chi connectivity index (χ3n) is 5.52. The first-order chi connectivity index (χ1) is 13.2. The van der Waals surface area contributed by atoms with Gasteiger partial charge in [-0.05, 0) is 18.1 Å². The molecule has 0 spiro atoms. The van der Waals surface area contributed by atoms with Crippen LogP contribution in [0.2, 0.25) is 0 Å². The molecule has 1 aromatic heterocycles. The van der Waals surface area contributed by atoms with Crippen molar-refractivity contribution in [1.82, 2.24) is 15.2 Å². The molecule has 1 saturated heterocycles. The highest BCUT2D eigenvalue weighted by atomic mass is 32.1. The molecule has 1 aliphatic heterocycles. The summed E-state index contributed by atoms with van der Waals surface area (Å²) in [6.07, 6.45) is 3.48. The number of rotatable bonds is 9. The molecule has 1 N–H and O–H groups in total. The van der Waals surface area contributed by atoms with Gasteiger partial charge in [-0.1, -0.05) is 38.8 Å². The summed E-state index contributed by atoms with van der Waals surface area (Å²) in [7, 11) is 0. The Bertz CT molecular complexity index is 690. The van der Waals surface area contributed by atoms with Crippen LogP contribution in [0.3, 0.4) is 0 Å². The molecule has 1 atom stereocenters. The van der Waals surface area contributed by atoms with Crippen molar-refractivity contribution in [2.75, 3.05) is 32.8 Å². The van der Waals surface area contributed by atoms with Crippen LogP contribution in [0.15, 0.2) is 24.3 Å². The maximum atomic E-state index is 12.4. The van der Waals surface area contributed by atoms with E-state index in [1.54, 1.807) is 11.3 Å². The minimum atomic E-state index is 0.124. The number of hydrogen-bond donors (Lipinski definition) is 1. The SMILES string of the molecule is CCC(CC)C(CNC(=O)CCc1nc2ccccc2s1)N1CCOCC1. The number of aromatic nitrogens is 1. The molecule has 0 bridgehead atoms. The minimum Gasteiger partial charge on any atom is -0.379 e. The Hall–Kier alpha value is -1.50. The predicted octanol–water partition coefficient (Wildman–Crippen LogP) is 3.48. The van der Waals surface area contributed by atoms with E-state index in [4.69, 9.17) is 4.74 Å². The number of carbonyl (C=O) groups excluding carboxylic acids is 1. The normalized spacial score (nSPS) is 16.7. The van der Waals surface area contributed by atoms with E-state index in [9.17, 15) is 4.79 Å². The highest BCUT2D eigenvalue weighted by Crippen LogP contribution is 2.23. The number of hydrogen-bond acceptors (Lipinski definition) is 5. The third-order valence-corrected chi connectivity index (χ3v) is 6.62. The Kier molecular flexibility index (Phi) is 7.61. The summed E-state index contributed by atoms with van der Waals surface area (Å²) >= 11 is 1.69. The quantitative estimate of drug-likeness (QED) is 0.713. The first kappa shape index (κ1) is 20.2. The molecule has 1 aromatic carbocycles. The van der Waals surface area contributed by atoms with Crippen molar-refractivity contribution in [3.8, 4) is 0 Å². The average Bonchev–Trinajstić information content (AvgIpc) is 3.13. The maximum Gasteiger partial charge on any atom is 0.220 e. The third kappa shape index (κ3) is 5.50. The molecular formula is C21H31N3O2S. The Labute approximate surface area is 166 Å². The number of para-hydroxylation sites is 1. The van der Waals surface area contributed by atoms with E-state index in [0.29, 0.717) is 24.8 Å². The zero-order valence-corrected chi connectivity index (χ0v) is 17.3. The lowest BCUT2D eigenvalue weighted by molar-refractivity contribution is -0.121. The Morgan fingerprint density at radius 1 is 1.26 bits per heavy atom. The van der Waals surface area contributed by atoms with Gasteiger partial charge in [-0.15, -0.1) is 11.3 Å². The van der Waals surface area contributed by atoms with Gasteiger partial charge in [-0.2, -0.15) is 0 Å². The monoisotopic (exact) mass is 389 g/mol. The van der Waals surface area contributed by atoms with Gasteiger partial charge >= 0.3 is 0 Å². The van der Waals surface area contributed by atoms with Crippen LogP contribution in [-0.4, -0.2) is 54.7 Å². The largest absolute Gasteiger partial charge is 0.379 e. The number of aryl methyl sites for hydroxylation is 1. The van der Waals surface area contributed by atoms with Crippen LogP contribution in [0.25, 0.3) is 10.2 Å². The smallest absolute Gasteiger partial charge is 0.220 e. The lowest BCUT2D eigenvalue weighted by atomic mass is 9.92. The summed E-state index contributed by atoms with van der Waals surface area (Å²) in [6, 6.07) is 8.54. The number of carbonyl (C=O) groups is 1. The molecule has 2 aromatic rings. The summed E-state index contributed by atoms with van der Waals surface area (Å²) < 4.78 is 6.69. The van der Waals surface area contributed by atoms with Gasteiger partial charge in [0.05, 0.1) is 28.4 Å². The van der Waals surface area contributed by atoms with E-state index < -0.39 is 0 Å². The second-order valence-corrected chi connectivity index (χ2v) is 8.29. The van der Waals surface area contributed by atoms with Crippen LogP contribution in [0.1, 0.15) is 38.1 Å². The topological polar surface area (TPSA) is 54.5 Å².